The van der Waals surface area contributed by atoms with Crippen LogP contribution < -0.4 is 4.74 Å². The number of hydrogen-bond donors (Lipinski definition) is 0. The van der Waals surface area contributed by atoms with Gasteiger partial charge in [-0.3, -0.25) is 4.79 Å². The molecule has 0 heterocycles. The van der Waals surface area contributed by atoms with Gasteiger partial charge in [0.2, 0.25) is 5.78 Å². The lowest BCUT2D eigenvalue weighted by Crippen LogP contribution is -2.03. The lowest BCUT2D eigenvalue weighted by Gasteiger charge is -2.04. The summed E-state index contributed by atoms with van der Waals surface area (Å²) in [6, 6.07) is 11.2. The van der Waals surface area contributed by atoms with Crippen LogP contribution in [-0.2, 0) is 0 Å². The van der Waals surface area contributed by atoms with E-state index in [0.717, 1.165) is 18.2 Å². The fraction of sp³-hybridized carbons (Fsp3) is 0.0588. The van der Waals surface area contributed by atoms with E-state index in [0.29, 0.717) is 5.75 Å². The molecule has 0 amide bonds. The molecule has 0 saturated heterocycles. The Morgan fingerprint density at radius 3 is 2.41 bits per heavy atom. The van der Waals surface area contributed by atoms with Gasteiger partial charge in [0.25, 0.3) is 0 Å². The zero-order valence-electron chi connectivity index (χ0n) is 11.6. The molecule has 0 unspecified atom stereocenters. The number of nitrogens with zero attached hydrogens (tertiary/aromatic N) is 1. The molecule has 0 aromatic heterocycles. The average molecular weight is 299 g/mol. The molecule has 0 N–H and O–H groups in total. The van der Waals surface area contributed by atoms with Crippen LogP contribution in [0.25, 0.3) is 6.08 Å². The number of halogens is 2. The molecule has 3 nitrogen and oxygen atoms in total. The molecule has 5 heteroatoms. The number of carbonyl (C=O) groups excluding carboxylic acids is 1. The fourth-order valence-electron chi connectivity index (χ4n) is 1.86. The van der Waals surface area contributed by atoms with Crippen molar-refractivity contribution in [3.63, 3.8) is 0 Å². The summed E-state index contributed by atoms with van der Waals surface area (Å²) >= 11 is 0. The first-order valence-electron chi connectivity index (χ1n) is 6.31. The number of allylic oxidation sites excluding steroid dienone is 1. The third-order valence-electron chi connectivity index (χ3n) is 2.99. The summed E-state index contributed by atoms with van der Waals surface area (Å²) in [5, 5.41) is 9.11. The standard InChI is InChI=1S/C17H11F2NO2/c1-22-13-5-2-4-11(8-13)17(21)12(10-20)9-14-15(18)6-3-7-16(14)19/h2-9H,1H3/b12-9+. The van der Waals surface area contributed by atoms with Crippen molar-refractivity contribution in [2.24, 2.45) is 0 Å². The Morgan fingerprint density at radius 2 is 1.82 bits per heavy atom. The molecule has 0 atom stereocenters. The molecule has 0 radical (unpaired) electrons. The fourth-order valence-corrected chi connectivity index (χ4v) is 1.86. The van der Waals surface area contributed by atoms with Gasteiger partial charge in [-0.25, -0.2) is 8.78 Å². The summed E-state index contributed by atoms with van der Waals surface area (Å²) in [6.45, 7) is 0. The molecule has 0 aliphatic heterocycles. The molecule has 0 bridgehead atoms. The number of rotatable bonds is 4. The van der Waals surface area contributed by atoms with Crippen LogP contribution >= 0.6 is 0 Å². The largest absolute Gasteiger partial charge is 0.497 e. The van der Waals surface area contributed by atoms with Gasteiger partial charge in [-0.05, 0) is 30.3 Å². The van der Waals surface area contributed by atoms with E-state index in [1.54, 1.807) is 18.2 Å². The van der Waals surface area contributed by atoms with E-state index in [4.69, 9.17) is 10.00 Å². The summed E-state index contributed by atoms with van der Waals surface area (Å²) < 4.78 is 32.2. The Labute approximate surface area is 126 Å². The lowest BCUT2D eigenvalue weighted by molar-refractivity contribution is 0.103. The first kappa shape index (κ1) is 15.4. The summed E-state index contributed by atoms with van der Waals surface area (Å²) in [6.07, 6.45) is 0.909. The van der Waals surface area contributed by atoms with E-state index in [1.165, 1.54) is 25.3 Å². The van der Waals surface area contributed by atoms with Crippen LogP contribution in [0.4, 0.5) is 8.78 Å². The van der Waals surface area contributed by atoms with Crippen LogP contribution in [0, 0.1) is 23.0 Å². The van der Waals surface area contributed by atoms with E-state index in [9.17, 15) is 13.6 Å². The van der Waals surface area contributed by atoms with Crippen molar-refractivity contribution in [2.75, 3.05) is 7.11 Å². The van der Waals surface area contributed by atoms with E-state index < -0.39 is 23.0 Å². The van der Waals surface area contributed by atoms with E-state index >= 15 is 0 Å². The predicted octanol–water partition coefficient (Wildman–Crippen LogP) is 3.76. The Morgan fingerprint density at radius 1 is 1.18 bits per heavy atom. The van der Waals surface area contributed by atoms with Crippen molar-refractivity contribution in [3.8, 4) is 11.8 Å². The van der Waals surface area contributed by atoms with Gasteiger partial charge in [0.15, 0.2) is 0 Å². The normalized spacial score (nSPS) is 10.9. The van der Waals surface area contributed by atoms with Crippen LogP contribution in [-0.4, -0.2) is 12.9 Å². The lowest BCUT2D eigenvalue weighted by atomic mass is 10.0. The molecule has 0 aliphatic carbocycles. The van der Waals surface area contributed by atoms with Crippen molar-refractivity contribution >= 4 is 11.9 Å². The first-order valence-corrected chi connectivity index (χ1v) is 6.31. The van der Waals surface area contributed by atoms with Gasteiger partial charge in [-0.1, -0.05) is 18.2 Å². The number of methoxy groups -OCH3 is 1. The number of ketones is 1. The Hall–Kier alpha value is -3.00. The van der Waals surface area contributed by atoms with Crippen molar-refractivity contribution < 1.29 is 18.3 Å². The molecule has 2 rings (SSSR count). The SMILES string of the molecule is COc1cccc(C(=O)/C(C#N)=C/c2c(F)cccc2F)c1. The zero-order chi connectivity index (χ0) is 16.1. The second kappa shape index (κ2) is 6.64. The number of hydrogen-bond acceptors (Lipinski definition) is 3. The quantitative estimate of drug-likeness (QED) is 0.490. The Kier molecular flexibility index (Phi) is 4.64. The number of benzene rings is 2. The number of Topliss-reactive ketones (excluding diaryl/α,β-unsaturated/α-hetero) is 1. The first-order chi connectivity index (χ1) is 10.6. The number of ether oxygens (including phenoxy) is 1. The van der Waals surface area contributed by atoms with Crippen LogP contribution in [0.2, 0.25) is 0 Å². The molecular formula is C17H11F2NO2. The zero-order valence-corrected chi connectivity index (χ0v) is 11.6. The topological polar surface area (TPSA) is 50.1 Å². The monoisotopic (exact) mass is 299 g/mol. The number of nitriles is 1. The minimum absolute atomic E-state index is 0.198. The van der Waals surface area contributed by atoms with Gasteiger partial charge in [-0.15, -0.1) is 0 Å². The molecule has 0 aliphatic rings. The van der Waals surface area contributed by atoms with Crippen molar-refractivity contribution in [1.82, 2.24) is 0 Å². The molecule has 2 aromatic carbocycles. The second-order valence-electron chi connectivity index (χ2n) is 4.37. The van der Waals surface area contributed by atoms with Crippen LogP contribution in [0.1, 0.15) is 15.9 Å². The molecule has 2 aromatic rings. The maximum atomic E-state index is 13.6. The predicted molar refractivity (Wildman–Crippen MR) is 77.3 cm³/mol. The van der Waals surface area contributed by atoms with Crippen LogP contribution in [0.5, 0.6) is 5.75 Å². The molecule has 22 heavy (non-hydrogen) atoms. The third-order valence-corrected chi connectivity index (χ3v) is 2.99. The maximum absolute atomic E-state index is 13.6. The number of carbonyl (C=O) groups is 1. The highest BCUT2D eigenvalue weighted by atomic mass is 19.1. The maximum Gasteiger partial charge on any atom is 0.203 e. The Bertz CT molecular complexity index is 771. The van der Waals surface area contributed by atoms with Gasteiger partial charge in [-0.2, -0.15) is 5.26 Å². The summed E-state index contributed by atoms with van der Waals surface area (Å²) in [5.74, 6) is -1.87. The summed E-state index contributed by atoms with van der Waals surface area (Å²) in [4.78, 5) is 12.3. The van der Waals surface area contributed by atoms with E-state index in [2.05, 4.69) is 0 Å². The van der Waals surface area contributed by atoms with E-state index in [1.807, 2.05) is 0 Å². The molecule has 0 fully saturated rings. The van der Waals surface area contributed by atoms with Crippen molar-refractivity contribution in [1.29, 1.82) is 5.26 Å². The summed E-state index contributed by atoms with van der Waals surface area (Å²) in [7, 11) is 1.44. The smallest absolute Gasteiger partial charge is 0.203 e. The second-order valence-corrected chi connectivity index (χ2v) is 4.37. The average Bonchev–Trinajstić information content (AvgIpc) is 2.54. The molecule has 0 saturated carbocycles. The van der Waals surface area contributed by atoms with E-state index in [-0.39, 0.29) is 11.1 Å². The highest BCUT2D eigenvalue weighted by Crippen LogP contribution is 2.20. The van der Waals surface area contributed by atoms with Gasteiger partial charge in [0, 0.05) is 11.1 Å². The highest BCUT2D eigenvalue weighted by molar-refractivity contribution is 6.14. The Balaban J connectivity index is 2.45. The van der Waals surface area contributed by atoms with Crippen LogP contribution in [0.3, 0.4) is 0 Å². The van der Waals surface area contributed by atoms with Crippen molar-refractivity contribution in [2.45, 2.75) is 0 Å². The molecule has 110 valence electrons. The van der Waals surface area contributed by atoms with Crippen molar-refractivity contribution in [3.05, 3.63) is 70.8 Å². The minimum Gasteiger partial charge on any atom is -0.497 e. The summed E-state index contributed by atoms with van der Waals surface area (Å²) in [5.41, 5.74) is -0.587. The third kappa shape index (κ3) is 3.18. The van der Waals surface area contributed by atoms with Gasteiger partial charge in [0.05, 0.1) is 7.11 Å². The molecule has 0 spiro atoms. The minimum atomic E-state index is -0.841. The van der Waals surface area contributed by atoms with Gasteiger partial charge >= 0.3 is 0 Å². The highest BCUT2D eigenvalue weighted by Gasteiger charge is 2.15. The van der Waals surface area contributed by atoms with Gasteiger partial charge in [0.1, 0.15) is 29.0 Å². The van der Waals surface area contributed by atoms with Crippen LogP contribution in [0.15, 0.2) is 48.0 Å². The molecular weight excluding hydrogens is 288 g/mol. The van der Waals surface area contributed by atoms with Gasteiger partial charge < -0.3 is 4.74 Å².